The summed E-state index contributed by atoms with van der Waals surface area (Å²) in [5.74, 6) is -1.67. The first-order chi connectivity index (χ1) is 18.7. The number of carbonyl (C=O) groups excluding carboxylic acids is 1. The zero-order chi connectivity index (χ0) is 28.0. The van der Waals surface area contributed by atoms with Crippen LogP contribution < -0.4 is 0 Å². The minimum absolute atomic E-state index is 0.0864. The first-order valence-corrected chi connectivity index (χ1v) is 14.1. The Morgan fingerprint density at radius 2 is 1.97 bits per heavy atom. The molecular weight excluding hydrogens is 500 g/mol. The molecule has 0 aromatic rings. The second-order valence-electron chi connectivity index (χ2n) is 11.4. The third-order valence-corrected chi connectivity index (χ3v) is 7.93. The summed E-state index contributed by atoms with van der Waals surface area (Å²) in [6, 6.07) is 0. The van der Waals surface area contributed by atoms with Gasteiger partial charge in [-0.1, -0.05) is 55.0 Å². The van der Waals surface area contributed by atoms with E-state index >= 15 is 0 Å². The SMILES string of the molecule is C=C1CC(C)CC2CC=CC(CC=CC(=O)OC3CC(OC3(C=CC3CC(C)=CCO3)OC)C(O)C(O)C1)O2. The highest BCUT2D eigenvalue weighted by Gasteiger charge is 2.53. The molecule has 39 heavy (non-hydrogen) atoms. The van der Waals surface area contributed by atoms with E-state index in [1.165, 1.54) is 18.8 Å². The fourth-order valence-electron chi connectivity index (χ4n) is 5.87. The number of hydrogen-bond acceptors (Lipinski definition) is 8. The Morgan fingerprint density at radius 1 is 1.15 bits per heavy atom. The summed E-state index contributed by atoms with van der Waals surface area (Å²) in [6.07, 6.45) is 12.9. The Hall–Kier alpha value is -2.07. The lowest BCUT2D eigenvalue weighted by Crippen LogP contribution is -2.43. The maximum Gasteiger partial charge on any atom is 0.330 e. The van der Waals surface area contributed by atoms with Gasteiger partial charge in [0.15, 0.2) is 6.10 Å². The van der Waals surface area contributed by atoms with Crippen LogP contribution in [0.5, 0.6) is 0 Å². The zero-order valence-corrected chi connectivity index (χ0v) is 23.4. The van der Waals surface area contributed by atoms with Crippen LogP contribution in [0.25, 0.3) is 0 Å². The largest absolute Gasteiger partial charge is 0.453 e. The summed E-state index contributed by atoms with van der Waals surface area (Å²) < 4.78 is 29.9. The number of hydrogen-bond donors (Lipinski definition) is 2. The smallest absolute Gasteiger partial charge is 0.330 e. The minimum Gasteiger partial charge on any atom is -0.453 e. The minimum atomic E-state index is -1.44. The van der Waals surface area contributed by atoms with Crippen LogP contribution in [0.1, 0.15) is 58.8 Å². The van der Waals surface area contributed by atoms with Crippen LogP contribution in [0.4, 0.5) is 0 Å². The Morgan fingerprint density at radius 3 is 2.74 bits per heavy atom. The maximum absolute atomic E-state index is 12.9. The van der Waals surface area contributed by atoms with Crippen molar-refractivity contribution in [1.82, 2.24) is 0 Å². The monoisotopic (exact) mass is 544 g/mol. The quantitative estimate of drug-likeness (QED) is 0.405. The lowest BCUT2D eigenvalue weighted by atomic mass is 9.90. The molecule has 4 bridgehead atoms. The number of aliphatic hydroxyl groups excluding tert-OH is 2. The predicted octanol–water partition coefficient (Wildman–Crippen LogP) is 4.08. The molecule has 0 aliphatic carbocycles. The van der Waals surface area contributed by atoms with Gasteiger partial charge in [-0.15, -0.1) is 0 Å². The normalized spacial score (nSPS) is 40.7. The lowest BCUT2D eigenvalue weighted by molar-refractivity contribution is -0.232. The van der Waals surface area contributed by atoms with Gasteiger partial charge >= 0.3 is 5.97 Å². The van der Waals surface area contributed by atoms with Crippen molar-refractivity contribution in [2.75, 3.05) is 13.7 Å². The van der Waals surface area contributed by atoms with Gasteiger partial charge in [-0.3, -0.25) is 0 Å². The molecule has 8 heteroatoms. The van der Waals surface area contributed by atoms with E-state index in [-0.39, 0.29) is 31.2 Å². The van der Waals surface area contributed by atoms with Crippen molar-refractivity contribution in [1.29, 1.82) is 0 Å². The fourth-order valence-corrected chi connectivity index (χ4v) is 5.87. The van der Waals surface area contributed by atoms with Crippen molar-refractivity contribution >= 4 is 5.97 Å². The molecule has 1 fully saturated rings. The Labute approximate surface area is 232 Å². The summed E-state index contributed by atoms with van der Waals surface area (Å²) in [6.45, 7) is 8.88. The van der Waals surface area contributed by atoms with E-state index in [1.807, 2.05) is 18.2 Å². The Kier molecular flexibility index (Phi) is 10.4. The molecule has 4 aliphatic heterocycles. The van der Waals surface area contributed by atoms with Crippen LogP contribution in [0.3, 0.4) is 0 Å². The molecule has 1 saturated heterocycles. The average Bonchev–Trinajstić information content (AvgIpc) is 3.25. The van der Waals surface area contributed by atoms with E-state index in [9.17, 15) is 15.0 Å². The highest BCUT2D eigenvalue weighted by Crippen LogP contribution is 2.38. The Balaban J connectivity index is 1.57. The van der Waals surface area contributed by atoms with Gasteiger partial charge < -0.3 is 33.9 Å². The van der Waals surface area contributed by atoms with Crippen LogP contribution in [0.2, 0.25) is 0 Å². The Bertz CT molecular complexity index is 983. The van der Waals surface area contributed by atoms with E-state index < -0.39 is 36.2 Å². The summed E-state index contributed by atoms with van der Waals surface area (Å²) in [5, 5.41) is 22.0. The van der Waals surface area contributed by atoms with Gasteiger partial charge in [0.2, 0.25) is 5.79 Å². The average molecular weight is 545 g/mol. The van der Waals surface area contributed by atoms with Crippen molar-refractivity contribution in [2.45, 2.75) is 107 Å². The summed E-state index contributed by atoms with van der Waals surface area (Å²) in [7, 11) is 1.47. The van der Waals surface area contributed by atoms with Gasteiger partial charge in [-0.05, 0) is 57.4 Å². The molecule has 2 N–H and O–H groups in total. The van der Waals surface area contributed by atoms with Crippen LogP contribution in [-0.2, 0) is 28.5 Å². The van der Waals surface area contributed by atoms with Crippen molar-refractivity contribution < 1.29 is 38.7 Å². The van der Waals surface area contributed by atoms with Gasteiger partial charge in [0.25, 0.3) is 0 Å². The van der Waals surface area contributed by atoms with Crippen LogP contribution in [0.15, 0.2) is 60.3 Å². The molecule has 0 amide bonds. The van der Waals surface area contributed by atoms with E-state index in [4.69, 9.17) is 23.7 Å². The molecule has 9 unspecified atom stereocenters. The van der Waals surface area contributed by atoms with Crippen LogP contribution in [0, 0.1) is 5.92 Å². The molecule has 0 radical (unpaired) electrons. The zero-order valence-electron chi connectivity index (χ0n) is 23.4. The van der Waals surface area contributed by atoms with Crippen molar-refractivity contribution in [3.63, 3.8) is 0 Å². The highest BCUT2D eigenvalue weighted by molar-refractivity contribution is 5.82. The van der Waals surface area contributed by atoms with Crippen LogP contribution >= 0.6 is 0 Å². The number of carbonyl (C=O) groups is 1. The molecular formula is C31H44O8. The molecule has 0 aromatic carbocycles. The second-order valence-corrected chi connectivity index (χ2v) is 11.4. The van der Waals surface area contributed by atoms with E-state index in [1.54, 1.807) is 12.2 Å². The van der Waals surface area contributed by atoms with Crippen LogP contribution in [-0.4, -0.2) is 78.4 Å². The molecule has 4 rings (SSSR count). The lowest BCUT2D eigenvalue weighted by Gasteiger charge is -2.31. The number of ether oxygens (including phenoxy) is 5. The molecule has 4 heterocycles. The molecule has 8 nitrogen and oxygen atoms in total. The number of methoxy groups -OCH3 is 1. The summed E-state index contributed by atoms with van der Waals surface area (Å²) in [4.78, 5) is 12.9. The maximum atomic E-state index is 12.9. The van der Waals surface area contributed by atoms with Crippen molar-refractivity contribution in [3.05, 3.63) is 60.3 Å². The molecule has 0 saturated carbocycles. The highest BCUT2D eigenvalue weighted by atomic mass is 16.7. The van der Waals surface area contributed by atoms with Crippen molar-refractivity contribution in [2.24, 2.45) is 5.92 Å². The van der Waals surface area contributed by atoms with Gasteiger partial charge in [-0.25, -0.2) is 4.79 Å². The molecule has 0 aromatic heterocycles. The second kappa shape index (κ2) is 13.5. The number of esters is 1. The van der Waals surface area contributed by atoms with E-state index in [0.717, 1.165) is 31.3 Å². The van der Waals surface area contributed by atoms with Gasteiger partial charge in [-0.2, -0.15) is 0 Å². The first-order valence-electron chi connectivity index (χ1n) is 14.1. The number of aliphatic hydroxyl groups is 2. The molecule has 0 spiro atoms. The van der Waals surface area contributed by atoms with Gasteiger partial charge in [0, 0.05) is 19.6 Å². The molecule has 9 atom stereocenters. The van der Waals surface area contributed by atoms with Gasteiger partial charge in [0.1, 0.15) is 6.10 Å². The fraction of sp³-hybridized carbons (Fsp3) is 0.645. The standard InChI is InChI=1S/C31H44O8/c1-20-12-14-36-24(16-20)11-13-31(35-4)28-19-27(39-31)30(34)26(32)18-22(3)15-21(2)17-25-9-5-7-23(37-25)8-6-10-29(33)38-28/h5-7,10-13,21,23-28,30,32,34H,3,8-9,14-19H2,1-2,4H3. The van der Waals surface area contributed by atoms with Crippen molar-refractivity contribution in [3.8, 4) is 0 Å². The molecule has 216 valence electrons. The number of fused-ring (bicyclic) bond motifs is 4. The first kappa shape index (κ1) is 29.9. The third-order valence-electron chi connectivity index (χ3n) is 7.93. The summed E-state index contributed by atoms with van der Waals surface area (Å²) >= 11 is 0. The van der Waals surface area contributed by atoms with E-state index in [2.05, 4.69) is 26.5 Å². The molecule has 4 aliphatic rings. The topological polar surface area (TPSA) is 104 Å². The summed E-state index contributed by atoms with van der Waals surface area (Å²) in [5.41, 5.74) is 2.08. The third kappa shape index (κ3) is 7.99. The number of rotatable bonds is 3. The van der Waals surface area contributed by atoms with E-state index in [0.29, 0.717) is 18.9 Å². The predicted molar refractivity (Wildman–Crippen MR) is 147 cm³/mol. The van der Waals surface area contributed by atoms with Gasteiger partial charge in [0.05, 0.1) is 37.1 Å².